The molecule has 0 radical (unpaired) electrons. The highest BCUT2D eigenvalue weighted by Crippen LogP contribution is 2.26. The Morgan fingerprint density at radius 2 is 2.22 bits per heavy atom. The number of carbonyl (C=O) groups is 1. The second-order valence-electron chi connectivity index (χ2n) is 5.53. The summed E-state index contributed by atoms with van der Waals surface area (Å²) in [6, 6.07) is -0.438. The van der Waals surface area contributed by atoms with Crippen LogP contribution in [0.15, 0.2) is 5.38 Å². The van der Waals surface area contributed by atoms with Gasteiger partial charge in [-0.25, -0.2) is 4.98 Å². The Hall–Kier alpha value is -0.940. The molecule has 1 amide bonds. The molecule has 0 aliphatic heterocycles. The van der Waals surface area contributed by atoms with Crippen molar-refractivity contribution >= 4 is 22.4 Å². The summed E-state index contributed by atoms with van der Waals surface area (Å²) in [5.74, 6) is -0.141. The lowest BCUT2D eigenvalue weighted by molar-refractivity contribution is -0.117. The zero-order valence-corrected chi connectivity index (χ0v) is 12.4. The van der Waals surface area contributed by atoms with Gasteiger partial charge in [0.05, 0.1) is 11.7 Å². The number of thiazole rings is 1. The molecule has 1 aromatic rings. The maximum Gasteiger partial charge on any atom is 0.243 e. The minimum atomic E-state index is -0.438. The highest BCUT2D eigenvalue weighted by Gasteiger charge is 2.19. The molecule has 0 spiro atoms. The lowest BCUT2D eigenvalue weighted by Crippen LogP contribution is -2.35. The van der Waals surface area contributed by atoms with Crippen molar-refractivity contribution in [2.75, 3.05) is 5.32 Å². The highest BCUT2D eigenvalue weighted by atomic mass is 32.1. The molecule has 0 bridgehead atoms. The number of nitrogens with one attached hydrogen (secondary N) is 1. The van der Waals surface area contributed by atoms with Crippen molar-refractivity contribution in [1.29, 1.82) is 0 Å². The first kappa shape index (κ1) is 15.1. The molecule has 102 valence electrons. The van der Waals surface area contributed by atoms with E-state index in [-0.39, 0.29) is 11.3 Å². The summed E-state index contributed by atoms with van der Waals surface area (Å²) in [5.41, 5.74) is 6.80. The van der Waals surface area contributed by atoms with Gasteiger partial charge in [-0.1, -0.05) is 40.5 Å². The third-order valence-electron chi connectivity index (χ3n) is 2.71. The van der Waals surface area contributed by atoms with E-state index in [1.807, 2.05) is 5.38 Å². The fourth-order valence-corrected chi connectivity index (χ4v) is 2.37. The van der Waals surface area contributed by atoms with Crippen LogP contribution >= 0.6 is 11.3 Å². The number of aromatic nitrogens is 1. The van der Waals surface area contributed by atoms with E-state index in [1.165, 1.54) is 11.3 Å². The molecule has 0 saturated heterocycles. The summed E-state index contributed by atoms with van der Waals surface area (Å²) in [6.07, 6.45) is 2.74. The summed E-state index contributed by atoms with van der Waals surface area (Å²) in [7, 11) is 0. The second kappa shape index (κ2) is 6.29. The number of amides is 1. The summed E-state index contributed by atoms with van der Waals surface area (Å²) in [5, 5.41) is 5.40. The number of nitrogens with zero attached hydrogens (tertiary/aromatic N) is 1. The van der Waals surface area contributed by atoms with Crippen LogP contribution in [0.4, 0.5) is 5.13 Å². The van der Waals surface area contributed by atoms with Gasteiger partial charge >= 0.3 is 0 Å². The lowest BCUT2D eigenvalue weighted by atomic mass is 9.93. The minimum absolute atomic E-state index is 0.00377. The summed E-state index contributed by atoms with van der Waals surface area (Å²) >= 11 is 1.45. The van der Waals surface area contributed by atoms with E-state index in [4.69, 9.17) is 5.73 Å². The van der Waals surface area contributed by atoms with Crippen molar-refractivity contribution in [2.24, 2.45) is 5.73 Å². The molecule has 5 heteroatoms. The van der Waals surface area contributed by atoms with Crippen LogP contribution in [0, 0.1) is 0 Å². The molecule has 0 fully saturated rings. The van der Waals surface area contributed by atoms with Gasteiger partial charge in [-0.2, -0.15) is 0 Å². The Labute approximate surface area is 113 Å². The van der Waals surface area contributed by atoms with E-state index in [1.54, 1.807) is 0 Å². The van der Waals surface area contributed by atoms with Gasteiger partial charge in [0, 0.05) is 10.8 Å². The Balaban J connectivity index is 2.57. The van der Waals surface area contributed by atoms with Gasteiger partial charge in [0.1, 0.15) is 0 Å². The van der Waals surface area contributed by atoms with E-state index >= 15 is 0 Å². The van der Waals surface area contributed by atoms with Crippen LogP contribution in [0.1, 0.15) is 52.7 Å². The molecule has 0 aromatic carbocycles. The first-order valence-corrected chi connectivity index (χ1v) is 7.25. The number of hydrogen-bond acceptors (Lipinski definition) is 4. The van der Waals surface area contributed by atoms with Crippen LogP contribution in [0.25, 0.3) is 0 Å². The first-order chi connectivity index (χ1) is 8.34. The van der Waals surface area contributed by atoms with Crippen LogP contribution in [0.5, 0.6) is 0 Å². The molecule has 0 aliphatic rings. The van der Waals surface area contributed by atoms with Gasteiger partial charge in [-0.3, -0.25) is 4.79 Å². The average molecular weight is 269 g/mol. The molecule has 0 aliphatic carbocycles. The maximum atomic E-state index is 11.8. The molecule has 1 atom stereocenters. The number of nitrogens with two attached hydrogens (primary N) is 1. The largest absolute Gasteiger partial charge is 0.320 e. The Morgan fingerprint density at radius 1 is 1.56 bits per heavy atom. The third kappa shape index (κ3) is 4.38. The smallest absolute Gasteiger partial charge is 0.243 e. The van der Waals surface area contributed by atoms with Crippen LogP contribution in [-0.4, -0.2) is 16.9 Å². The molecular formula is C13H23N3OS. The SMILES string of the molecule is CCCC[C@H](N)C(=O)Nc1nc(C(C)(C)C)cs1. The van der Waals surface area contributed by atoms with Crippen molar-refractivity contribution in [3.8, 4) is 0 Å². The van der Waals surface area contributed by atoms with Gasteiger partial charge in [0.15, 0.2) is 5.13 Å². The second-order valence-corrected chi connectivity index (χ2v) is 6.38. The monoisotopic (exact) mass is 269 g/mol. The van der Waals surface area contributed by atoms with E-state index in [9.17, 15) is 4.79 Å². The first-order valence-electron chi connectivity index (χ1n) is 6.37. The molecule has 1 aromatic heterocycles. The topological polar surface area (TPSA) is 68.0 Å². The molecule has 3 N–H and O–H groups in total. The lowest BCUT2D eigenvalue weighted by Gasteiger charge is -2.14. The molecule has 0 unspecified atom stereocenters. The van der Waals surface area contributed by atoms with Crippen LogP contribution < -0.4 is 11.1 Å². The molecule has 4 nitrogen and oxygen atoms in total. The third-order valence-corrected chi connectivity index (χ3v) is 3.47. The molecular weight excluding hydrogens is 246 g/mol. The van der Waals surface area contributed by atoms with E-state index in [0.717, 1.165) is 25.0 Å². The molecule has 18 heavy (non-hydrogen) atoms. The van der Waals surface area contributed by atoms with E-state index < -0.39 is 6.04 Å². The summed E-state index contributed by atoms with van der Waals surface area (Å²) < 4.78 is 0. The fraction of sp³-hybridized carbons (Fsp3) is 0.692. The summed E-state index contributed by atoms with van der Waals surface area (Å²) in [6.45, 7) is 8.38. The fourth-order valence-electron chi connectivity index (χ4n) is 1.43. The number of anilines is 1. The minimum Gasteiger partial charge on any atom is -0.320 e. The van der Waals surface area contributed by atoms with Crippen LogP contribution in [0.2, 0.25) is 0 Å². The Morgan fingerprint density at radius 3 is 2.72 bits per heavy atom. The van der Waals surface area contributed by atoms with Gasteiger partial charge in [-0.15, -0.1) is 11.3 Å². The van der Waals surface area contributed by atoms with Gasteiger partial charge in [-0.05, 0) is 6.42 Å². The van der Waals surface area contributed by atoms with Gasteiger partial charge in [0.25, 0.3) is 0 Å². The predicted octanol–water partition coefficient (Wildman–Crippen LogP) is 2.90. The number of hydrogen-bond donors (Lipinski definition) is 2. The predicted molar refractivity (Wildman–Crippen MR) is 76.9 cm³/mol. The number of unbranched alkanes of at least 4 members (excludes halogenated alkanes) is 1. The van der Waals surface area contributed by atoms with Crippen molar-refractivity contribution < 1.29 is 4.79 Å². The zero-order chi connectivity index (χ0) is 13.8. The molecule has 1 heterocycles. The molecule has 1 rings (SSSR count). The van der Waals surface area contributed by atoms with Crippen LogP contribution in [-0.2, 0) is 10.2 Å². The Bertz CT molecular complexity index is 395. The standard InChI is InChI=1S/C13H23N3OS/c1-5-6-7-9(14)11(17)16-12-15-10(8-18-12)13(2,3)4/h8-9H,5-7,14H2,1-4H3,(H,15,16,17)/t9-/m0/s1. The Kier molecular flexibility index (Phi) is 5.28. The average Bonchev–Trinajstić information content (AvgIpc) is 2.73. The van der Waals surface area contributed by atoms with Crippen LogP contribution in [0.3, 0.4) is 0 Å². The van der Waals surface area contributed by atoms with Crippen molar-refractivity contribution in [1.82, 2.24) is 4.98 Å². The maximum absolute atomic E-state index is 11.8. The van der Waals surface area contributed by atoms with Crippen molar-refractivity contribution in [2.45, 2.75) is 58.4 Å². The van der Waals surface area contributed by atoms with E-state index in [0.29, 0.717) is 5.13 Å². The normalized spacial score (nSPS) is 13.4. The number of rotatable bonds is 5. The van der Waals surface area contributed by atoms with Gasteiger partial charge in [0.2, 0.25) is 5.91 Å². The summed E-state index contributed by atoms with van der Waals surface area (Å²) in [4.78, 5) is 16.2. The van der Waals surface area contributed by atoms with Gasteiger partial charge < -0.3 is 11.1 Å². The van der Waals surface area contributed by atoms with E-state index in [2.05, 4.69) is 38.0 Å². The van der Waals surface area contributed by atoms with Crippen molar-refractivity contribution in [3.05, 3.63) is 11.1 Å². The quantitative estimate of drug-likeness (QED) is 0.863. The zero-order valence-electron chi connectivity index (χ0n) is 11.6. The molecule has 0 saturated carbocycles. The van der Waals surface area contributed by atoms with Crippen molar-refractivity contribution in [3.63, 3.8) is 0 Å². The highest BCUT2D eigenvalue weighted by molar-refractivity contribution is 7.13. The number of carbonyl (C=O) groups excluding carboxylic acids is 1.